The molecule has 226 valence electrons. The van der Waals surface area contributed by atoms with Crippen LogP contribution in [0.5, 0.6) is 11.5 Å². The van der Waals surface area contributed by atoms with Crippen molar-refractivity contribution in [2.75, 3.05) is 13.7 Å². The zero-order valence-electron chi connectivity index (χ0n) is 24.9. The summed E-state index contributed by atoms with van der Waals surface area (Å²) in [5.74, 6) is -1.22. The highest BCUT2D eigenvalue weighted by atomic mass is 16.8. The highest BCUT2D eigenvalue weighted by molar-refractivity contribution is 5.81. The SMILES string of the molecule is CCCCC(=O)OCC[C@@](N)(Cc1ccc(OC(=O)OC(C)C(C)C)c(OC(=O)OC(C)C(C)C)c1)C(=O)OC. The van der Waals surface area contributed by atoms with E-state index in [1.807, 2.05) is 34.6 Å². The van der Waals surface area contributed by atoms with Crippen LogP contribution in [0.4, 0.5) is 9.59 Å². The zero-order valence-corrected chi connectivity index (χ0v) is 24.9. The van der Waals surface area contributed by atoms with Crippen LogP contribution in [-0.2, 0) is 35.0 Å². The molecule has 0 bridgehead atoms. The van der Waals surface area contributed by atoms with Gasteiger partial charge in [-0.25, -0.2) is 9.59 Å². The first-order chi connectivity index (χ1) is 18.7. The first kappa shape index (κ1) is 34.7. The van der Waals surface area contributed by atoms with Crippen LogP contribution in [0.2, 0.25) is 0 Å². The summed E-state index contributed by atoms with van der Waals surface area (Å²) in [6, 6.07) is 4.36. The van der Waals surface area contributed by atoms with E-state index in [1.54, 1.807) is 19.9 Å². The molecule has 0 saturated carbocycles. The Labute approximate surface area is 236 Å². The zero-order chi connectivity index (χ0) is 30.5. The fourth-order valence-electron chi connectivity index (χ4n) is 3.20. The van der Waals surface area contributed by atoms with E-state index in [-0.39, 0.29) is 55.2 Å². The molecule has 40 heavy (non-hydrogen) atoms. The summed E-state index contributed by atoms with van der Waals surface area (Å²) in [5.41, 5.74) is 5.32. The van der Waals surface area contributed by atoms with Crippen LogP contribution in [0.15, 0.2) is 18.2 Å². The third-order valence-corrected chi connectivity index (χ3v) is 6.49. The highest BCUT2D eigenvalue weighted by Crippen LogP contribution is 2.32. The minimum absolute atomic E-state index is 0.0145. The highest BCUT2D eigenvalue weighted by Gasteiger charge is 2.36. The van der Waals surface area contributed by atoms with Crippen molar-refractivity contribution in [1.82, 2.24) is 0 Å². The molecule has 3 atom stereocenters. The van der Waals surface area contributed by atoms with Gasteiger partial charge in [0.15, 0.2) is 11.5 Å². The van der Waals surface area contributed by atoms with Crippen molar-refractivity contribution < 1.29 is 47.6 Å². The summed E-state index contributed by atoms with van der Waals surface area (Å²) in [5, 5.41) is 0. The number of benzene rings is 1. The smallest absolute Gasteiger partial charge is 0.468 e. The summed E-state index contributed by atoms with van der Waals surface area (Å²) >= 11 is 0. The fraction of sp³-hybridized carbons (Fsp3) is 0.655. The van der Waals surface area contributed by atoms with E-state index < -0.39 is 36.0 Å². The Morgan fingerprint density at radius 2 is 1.43 bits per heavy atom. The van der Waals surface area contributed by atoms with Crippen LogP contribution in [0.25, 0.3) is 0 Å². The number of ether oxygens (including phenoxy) is 6. The standard InChI is InChI=1S/C29H45NO10/c1-9-10-11-25(31)36-15-14-29(30,26(32)35-8)17-22-12-13-23(39-27(33)37-20(6)18(2)3)24(16-22)40-28(34)38-21(7)19(4)5/h12-13,16,18-21H,9-11,14-15,17,30H2,1-8H3/t20?,21?,29-/m1/s1. The van der Waals surface area contributed by atoms with E-state index in [0.717, 1.165) is 6.42 Å². The number of esters is 2. The molecule has 0 heterocycles. The molecule has 2 unspecified atom stereocenters. The maximum absolute atomic E-state index is 12.6. The molecule has 0 aromatic heterocycles. The number of unbranched alkanes of at least 4 members (excludes halogenated alkanes) is 1. The molecule has 0 aliphatic carbocycles. The van der Waals surface area contributed by atoms with Gasteiger partial charge < -0.3 is 34.2 Å². The van der Waals surface area contributed by atoms with Gasteiger partial charge in [-0.15, -0.1) is 0 Å². The average molecular weight is 568 g/mol. The summed E-state index contributed by atoms with van der Waals surface area (Å²) < 4.78 is 31.4. The molecule has 0 spiro atoms. The van der Waals surface area contributed by atoms with Crippen molar-refractivity contribution >= 4 is 24.2 Å². The van der Waals surface area contributed by atoms with Crippen LogP contribution in [-0.4, -0.2) is 55.7 Å². The van der Waals surface area contributed by atoms with Gasteiger partial charge in [0.2, 0.25) is 0 Å². The van der Waals surface area contributed by atoms with E-state index in [0.29, 0.717) is 12.0 Å². The Hall–Kier alpha value is -3.34. The minimum Gasteiger partial charge on any atom is -0.468 e. The lowest BCUT2D eigenvalue weighted by Crippen LogP contribution is -2.51. The van der Waals surface area contributed by atoms with Crippen LogP contribution in [0, 0.1) is 11.8 Å². The molecule has 2 N–H and O–H groups in total. The number of nitrogens with two attached hydrogens (primary N) is 1. The lowest BCUT2D eigenvalue weighted by atomic mass is 9.88. The van der Waals surface area contributed by atoms with Crippen molar-refractivity contribution in [3.8, 4) is 11.5 Å². The van der Waals surface area contributed by atoms with Crippen LogP contribution in [0.1, 0.15) is 79.7 Å². The second-order valence-electron chi connectivity index (χ2n) is 10.5. The summed E-state index contributed by atoms with van der Waals surface area (Å²) in [6.07, 6.45) is -1.08. The molecule has 0 aliphatic rings. The molecule has 1 rings (SSSR count). The maximum Gasteiger partial charge on any atom is 0.514 e. The molecule has 1 aromatic rings. The molecular formula is C29H45NO10. The van der Waals surface area contributed by atoms with E-state index in [1.165, 1.54) is 19.2 Å². The normalized spacial score (nSPS) is 14.1. The Bertz CT molecular complexity index is 993. The van der Waals surface area contributed by atoms with Gasteiger partial charge in [-0.3, -0.25) is 9.59 Å². The van der Waals surface area contributed by atoms with Gasteiger partial charge in [0.25, 0.3) is 0 Å². The van der Waals surface area contributed by atoms with E-state index in [9.17, 15) is 19.2 Å². The lowest BCUT2D eigenvalue weighted by molar-refractivity contribution is -0.151. The van der Waals surface area contributed by atoms with Gasteiger partial charge in [-0.2, -0.15) is 0 Å². The van der Waals surface area contributed by atoms with Gasteiger partial charge in [0.1, 0.15) is 17.7 Å². The van der Waals surface area contributed by atoms with Crippen molar-refractivity contribution in [2.45, 2.75) is 98.3 Å². The number of methoxy groups -OCH3 is 1. The Morgan fingerprint density at radius 3 is 1.93 bits per heavy atom. The van der Waals surface area contributed by atoms with Crippen LogP contribution >= 0.6 is 0 Å². The first-order valence-corrected chi connectivity index (χ1v) is 13.6. The van der Waals surface area contributed by atoms with Crippen LogP contribution in [0.3, 0.4) is 0 Å². The van der Waals surface area contributed by atoms with Crippen molar-refractivity contribution in [1.29, 1.82) is 0 Å². The van der Waals surface area contributed by atoms with Gasteiger partial charge in [0, 0.05) is 19.3 Å². The van der Waals surface area contributed by atoms with E-state index in [2.05, 4.69) is 0 Å². The van der Waals surface area contributed by atoms with Crippen molar-refractivity contribution in [2.24, 2.45) is 17.6 Å². The number of hydrogen-bond acceptors (Lipinski definition) is 11. The van der Waals surface area contributed by atoms with Gasteiger partial charge >= 0.3 is 24.2 Å². The van der Waals surface area contributed by atoms with Crippen molar-refractivity contribution in [3.63, 3.8) is 0 Å². The Morgan fingerprint density at radius 1 is 0.875 bits per heavy atom. The topological polar surface area (TPSA) is 150 Å². The molecule has 0 saturated heterocycles. The number of rotatable bonds is 15. The average Bonchev–Trinajstić information content (AvgIpc) is 2.88. The number of carbonyl (C=O) groups excluding carboxylic acids is 4. The molecule has 0 radical (unpaired) electrons. The quantitative estimate of drug-likeness (QED) is 0.166. The van der Waals surface area contributed by atoms with Gasteiger partial charge in [0.05, 0.1) is 13.7 Å². The third-order valence-electron chi connectivity index (χ3n) is 6.49. The Balaban J connectivity index is 3.21. The predicted molar refractivity (Wildman–Crippen MR) is 147 cm³/mol. The second-order valence-corrected chi connectivity index (χ2v) is 10.5. The minimum atomic E-state index is -1.56. The molecule has 0 aliphatic heterocycles. The van der Waals surface area contributed by atoms with Gasteiger partial charge in [-0.05, 0) is 49.8 Å². The van der Waals surface area contributed by atoms with Gasteiger partial charge in [-0.1, -0.05) is 47.1 Å². The third kappa shape index (κ3) is 11.8. The number of hydrogen-bond donors (Lipinski definition) is 1. The largest absolute Gasteiger partial charge is 0.514 e. The van der Waals surface area contributed by atoms with Crippen LogP contribution < -0.4 is 15.2 Å². The monoisotopic (exact) mass is 567 g/mol. The second kappa shape index (κ2) is 16.7. The van der Waals surface area contributed by atoms with Crippen molar-refractivity contribution in [3.05, 3.63) is 23.8 Å². The molecule has 11 heteroatoms. The molecule has 0 amide bonds. The predicted octanol–water partition coefficient (Wildman–Crippen LogP) is 5.34. The molecule has 0 fully saturated rings. The summed E-state index contributed by atoms with van der Waals surface area (Å²) in [7, 11) is 1.21. The summed E-state index contributed by atoms with van der Waals surface area (Å²) in [4.78, 5) is 49.4. The van der Waals surface area contributed by atoms with E-state index in [4.69, 9.17) is 34.2 Å². The first-order valence-electron chi connectivity index (χ1n) is 13.6. The maximum atomic E-state index is 12.6. The Kier molecular flexibility index (Phi) is 14.5. The number of carbonyl (C=O) groups is 4. The fourth-order valence-corrected chi connectivity index (χ4v) is 3.20. The van der Waals surface area contributed by atoms with E-state index >= 15 is 0 Å². The summed E-state index contributed by atoms with van der Waals surface area (Å²) in [6.45, 7) is 12.9. The molecule has 11 nitrogen and oxygen atoms in total. The molecule has 1 aromatic carbocycles. The lowest BCUT2D eigenvalue weighted by Gasteiger charge is -2.27. The molecular weight excluding hydrogens is 522 g/mol.